The van der Waals surface area contributed by atoms with Gasteiger partial charge in [-0.1, -0.05) is 26.7 Å². The van der Waals surface area contributed by atoms with Gasteiger partial charge in [0.1, 0.15) is 10.7 Å². The van der Waals surface area contributed by atoms with Crippen molar-refractivity contribution in [2.75, 3.05) is 18.8 Å². The summed E-state index contributed by atoms with van der Waals surface area (Å²) in [5, 5.41) is 5.15. The number of amides is 1. The lowest BCUT2D eigenvalue weighted by Crippen LogP contribution is -2.32. The van der Waals surface area contributed by atoms with Crippen LogP contribution in [0.5, 0.6) is 0 Å². The second-order valence-electron chi connectivity index (χ2n) is 5.32. The molecule has 1 aromatic rings. The summed E-state index contributed by atoms with van der Waals surface area (Å²) in [6.07, 6.45) is 3.69. The molecule has 0 fully saturated rings. The highest BCUT2D eigenvalue weighted by Gasteiger charge is 2.21. The summed E-state index contributed by atoms with van der Waals surface area (Å²) >= 11 is 1.33. The molecule has 0 atom stereocenters. The summed E-state index contributed by atoms with van der Waals surface area (Å²) in [5.41, 5.74) is 0.366. The normalized spacial score (nSPS) is 11.8. The number of thiazole rings is 1. The number of nitrogens with one attached hydrogen (secondary N) is 1. The molecule has 1 N–H and O–H groups in total. The van der Waals surface area contributed by atoms with Gasteiger partial charge in [-0.05, 0) is 19.8 Å². The Morgan fingerprint density at radius 1 is 1.26 bits per heavy atom. The van der Waals surface area contributed by atoms with E-state index in [0.29, 0.717) is 23.8 Å². The monoisotopic (exact) mass is 361 g/mol. The van der Waals surface area contributed by atoms with Crippen molar-refractivity contribution in [2.24, 2.45) is 0 Å². The topological polar surface area (TPSA) is 79.4 Å². The van der Waals surface area contributed by atoms with Crippen LogP contribution in [0.3, 0.4) is 0 Å². The zero-order valence-corrected chi connectivity index (χ0v) is 15.8. The Morgan fingerprint density at radius 3 is 2.57 bits per heavy atom. The first-order valence-electron chi connectivity index (χ1n) is 8.15. The minimum absolute atomic E-state index is 0.0758. The minimum atomic E-state index is -3.26. The summed E-state index contributed by atoms with van der Waals surface area (Å²) in [5.74, 6) is -0.119. The van der Waals surface area contributed by atoms with Gasteiger partial charge in [-0.15, -0.1) is 11.3 Å². The average molecular weight is 362 g/mol. The van der Waals surface area contributed by atoms with E-state index in [-0.39, 0.29) is 18.2 Å². The number of nitrogens with zero attached hydrogens (tertiary/aromatic N) is 2. The van der Waals surface area contributed by atoms with E-state index in [1.54, 1.807) is 12.3 Å². The fourth-order valence-electron chi connectivity index (χ4n) is 1.94. The number of hydrogen-bond acceptors (Lipinski definition) is 5. The van der Waals surface area contributed by atoms with Gasteiger partial charge in [0.2, 0.25) is 10.0 Å². The third-order valence-electron chi connectivity index (χ3n) is 3.43. The molecule has 0 unspecified atom stereocenters. The predicted octanol–water partition coefficient (Wildman–Crippen LogP) is 2.62. The van der Waals surface area contributed by atoms with Crippen molar-refractivity contribution in [3.05, 3.63) is 16.1 Å². The molecule has 6 nitrogen and oxygen atoms in total. The van der Waals surface area contributed by atoms with E-state index in [9.17, 15) is 13.2 Å². The molecule has 1 amide bonds. The summed E-state index contributed by atoms with van der Waals surface area (Å²) in [4.78, 5) is 16.2. The van der Waals surface area contributed by atoms with Crippen LogP contribution in [-0.4, -0.2) is 42.5 Å². The first-order chi connectivity index (χ1) is 10.9. The quantitative estimate of drug-likeness (QED) is 0.615. The lowest BCUT2D eigenvalue weighted by atomic mass is 10.3. The number of carbonyl (C=O) groups is 1. The van der Waals surface area contributed by atoms with E-state index in [1.807, 2.05) is 6.92 Å². The number of rotatable bonds is 11. The standard InChI is InChI=1S/C15H27N3O3S2/c1-4-7-9-16-15(19)13-12-22-14(17-13)11-18(10-8-5-2)23(20,21)6-3/h12H,4-11H2,1-3H3,(H,16,19). The van der Waals surface area contributed by atoms with Gasteiger partial charge < -0.3 is 5.32 Å². The van der Waals surface area contributed by atoms with Gasteiger partial charge in [0.05, 0.1) is 12.3 Å². The van der Waals surface area contributed by atoms with Gasteiger partial charge in [0.25, 0.3) is 5.91 Å². The van der Waals surface area contributed by atoms with Crippen LogP contribution in [0.25, 0.3) is 0 Å². The molecular weight excluding hydrogens is 334 g/mol. The van der Waals surface area contributed by atoms with Crippen molar-refractivity contribution in [2.45, 2.75) is 53.0 Å². The van der Waals surface area contributed by atoms with Crippen LogP contribution in [0.4, 0.5) is 0 Å². The van der Waals surface area contributed by atoms with Crippen molar-refractivity contribution in [1.82, 2.24) is 14.6 Å². The van der Waals surface area contributed by atoms with Crippen LogP contribution < -0.4 is 5.32 Å². The Hall–Kier alpha value is -0.990. The van der Waals surface area contributed by atoms with E-state index in [2.05, 4.69) is 17.2 Å². The van der Waals surface area contributed by atoms with Gasteiger partial charge in [0.15, 0.2) is 0 Å². The fraction of sp³-hybridized carbons (Fsp3) is 0.733. The van der Waals surface area contributed by atoms with Crippen molar-refractivity contribution in [1.29, 1.82) is 0 Å². The van der Waals surface area contributed by atoms with Crippen molar-refractivity contribution < 1.29 is 13.2 Å². The van der Waals surface area contributed by atoms with Crippen LogP contribution >= 0.6 is 11.3 Å². The fourth-order valence-corrected chi connectivity index (χ4v) is 3.90. The lowest BCUT2D eigenvalue weighted by Gasteiger charge is -2.19. The molecule has 0 aliphatic rings. The molecule has 132 valence electrons. The molecular formula is C15H27N3O3S2. The molecule has 0 aliphatic heterocycles. The Balaban J connectivity index is 2.72. The average Bonchev–Trinajstić information content (AvgIpc) is 3.00. The van der Waals surface area contributed by atoms with Gasteiger partial charge in [0, 0.05) is 18.5 Å². The molecule has 23 heavy (non-hydrogen) atoms. The molecule has 0 spiro atoms. The first-order valence-corrected chi connectivity index (χ1v) is 10.6. The number of aromatic nitrogens is 1. The summed E-state index contributed by atoms with van der Waals surface area (Å²) < 4.78 is 25.8. The largest absolute Gasteiger partial charge is 0.351 e. The Bertz CT molecular complexity index is 585. The summed E-state index contributed by atoms with van der Waals surface area (Å²) in [7, 11) is -3.26. The molecule has 1 rings (SSSR count). The molecule has 8 heteroatoms. The maximum Gasteiger partial charge on any atom is 0.270 e. The Morgan fingerprint density at radius 2 is 1.96 bits per heavy atom. The molecule has 0 aliphatic carbocycles. The smallest absolute Gasteiger partial charge is 0.270 e. The Labute approximate surface area is 143 Å². The van der Waals surface area contributed by atoms with Crippen LogP contribution in [0.2, 0.25) is 0 Å². The van der Waals surface area contributed by atoms with Crippen LogP contribution in [-0.2, 0) is 16.6 Å². The van der Waals surface area contributed by atoms with E-state index < -0.39 is 10.0 Å². The summed E-state index contributed by atoms with van der Waals surface area (Å²) in [6.45, 7) is 7.09. The van der Waals surface area contributed by atoms with E-state index in [1.165, 1.54) is 15.6 Å². The van der Waals surface area contributed by atoms with Crippen molar-refractivity contribution in [3.63, 3.8) is 0 Å². The number of hydrogen-bond donors (Lipinski definition) is 1. The first kappa shape index (κ1) is 20.1. The molecule has 1 aromatic heterocycles. The maximum absolute atomic E-state index is 12.1. The third-order valence-corrected chi connectivity index (χ3v) is 6.09. The zero-order chi connectivity index (χ0) is 17.3. The molecule has 0 radical (unpaired) electrons. The highest BCUT2D eigenvalue weighted by Crippen LogP contribution is 2.16. The maximum atomic E-state index is 12.1. The summed E-state index contributed by atoms with van der Waals surface area (Å²) in [6, 6.07) is 0. The number of sulfonamides is 1. The zero-order valence-electron chi connectivity index (χ0n) is 14.2. The predicted molar refractivity (Wildman–Crippen MR) is 94.1 cm³/mol. The van der Waals surface area contributed by atoms with Gasteiger partial charge in [-0.2, -0.15) is 4.31 Å². The van der Waals surface area contributed by atoms with Crippen molar-refractivity contribution >= 4 is 27.3 Å². The second-order valence-corrected chi connectivity index (χ2v) is 8.52. The molecule has 0 bridgehead atoms. The van der Waals surface area contributed by atoms with Crippen molar-refractivity contribution in [3.8, 4) is 0 Å². The lowest BCUT2D eigenvalue weighted by molar-refractivity contribution is 0.0948. The third kappa shape index (κ3) is 6.56. The number of unbranched alkanes of at least 4 members (excludes halogenated alkanes) is 2. The van der Waals surface area contributed by atoms with Gasteiger partial charge >= 0.3 is 0 Å². The number of carbonyl (C=O) groups excluding carboxylic acids is 1. The van der Waals surface area contributed by atoms with Gasteiger partial charge in [-0.3, -0.25) is 4.79 Å². The molecule has 1 heterocycles. The highest BCUT2D eigenvalue weighted by molar-refractivity contribution is 7.89. The Kier molecular flexibility index (Phi) is 8.72. The minimum Gasteiger partial charge on any atom is -0.351 e. The van der Waals surface area contributed by atoms with E-state index in [0.717, 1.165) is 25.7 Å². The SMILES string of the molecule is CCCCNC(=O)c1csc(CN(CCCC)S(=O)(=O)CC)n1. The highest BCUT2D eigenvalue weighted by atomic mass is 32.2. The molecule has 0 aromatic carbocycles. The second kappa shape index (κ2) is 10.00. The van der Waals surface area contributed by atoms with Crippen LogP contribution in [0.15, 0.2) is 5.38 Å². The van der Waals surface area contributed by atoms with Gasteiger partial charge in [-0.25, -0.2) is 13.4 Å². The molecule has 0 saturated carbocycles. The van der Waals surface area contributed by atoms with Crippen LogP contribution in [0, 0.1) is 0 Å². The van der Waals surface area contributed by atoms with Crippen LogP contribution in [0.1, 0.15) is 62.0 Å². The van der Waals surface area contributed by atoms with E-state index in [4.69, 9.17) is 0 Å². The van der Waals surface area contributed by atoms with E-state index >= 15 is 0 Å². The molecule has 0 saturated heterocycles.